The van der Waals surface area contributed by atoms with Gasteiger partial charge >= 0.3 is 0 Å². The van der Waals surface area contributed by atoms with E-state index in [-0.39, 0.29) is 18.9 Å². The second-order valence-corrected chi connectivity index (χ2v) is 11.5. The van der Waals surface area contributed by atoms with Gasteiger partial charge in [-0.3, -0.25) is 13.9 Å². The highest BCUT2D eigenvalue weighted by atomic mass is 79.9. The summed E-state index contributed by atoms with van der Waals surface area (Å²) in [6.45, 7) is 1.64. The van der Waals surface area contributed by atoms with Crippen LogP contribution in [0.5, 0.6) is 0 Å². The smallest absolute Gasteiger partial charge is 0.244 e. The van der Waals surface area contributed by atoms with Crippen molar-refractivity contribution in [2.45, 2.75) is 32.4 Å². The quantitative estimate of drug-likeness (QED) is 0.366. The minimum Gasteiger partial charge on any atom is -0.357 e. The Kier molecular flexibility index (Phi) is 9.88. The number of sulfonamides is 1. The topological polar surface area (TPSA) is 86.8 Å². The van der Waals surface area contributed by atoms with Gasteiger partial charge in [0.05, 0.1) is 11.9 Å². The van der Waals surface area contributed by atoms with E-state index in [0.29, 0.717) is 12.1 Å². The summed E-state index contributed by atoms with van der Waals surface area (Å²) in [6, 6.07) is 23.2. The van der Waals surface area contributed by atoms with Gasteiger partial charge in [-0.1, -0.05) is 83.5 Å². The maximum Gasteiger partial charge on any atom is 0.244 e. The van der Waals surface area contributed by atoms with Crippen LogP contribution >= 0.6 is 15.9 Å². The van der Waals surface area contributed by atoms with Gasteiger partial charge in [-0.2, -0.15) is 0 Å². The molecule has 0 spiro atoms. The van der Waals surface area contributed by atoms with Crippen molar-refractivity contribution in [2.24, 2.45) is 0 Å². The predicted molar refractivity (Wildman–Crippen MR) is 151 cm³/mol. The number of nitrogens with one attached hydrogen (secondary N) is 1. The molecule has 0 aliphatic rings. The van der Waals surface area contributed by atoms with Crippen LogP contribution in [0, 0.1) is 0 Å². The molecule has 37 heavy (non-hydrogen) atoms. The summed E-state index contributed by atoms with van der Waals surface area (Å²) in [6.07, 6.45) is 1.98. The molecule has 2 amide bonds. The van der Waals surface area contributed by atoms with Gasteiger partial charge in [-0.05, 0) is 41.3 Å². The SMILES string of the molecule is CCc1ccccc1N(CC(=O)N(Cc1cccc(Br)c1)C(Cc1ccccc1)C(=O)NC)S(C)(=O)=O. The molecular weight excluding hydrogens is 554 g/mol. The molecule has 3 aromatic carbocycles. The van der Waals surface area contributed by atoms with Crippen molar-refractivity contribution in [1.29, 1.82) is 0 Å². The van der Waals surface area contributed by atoms with Gasteiger partial charge in [-0.25, -0.2) is 8.42 Å². The highest BCUT2D eigenvalue weighted by molar-refractivity contribution is 9.10. The van der Waals surface area contributed by atoms with Crippen molar-refractivity contribution in [3.8, 4) is 0 Å². The fourth-order valence-corrected chi connectivity index (χ4v) is 5.53. The molecule has 9 heteroatoms. The van der Waals surface area contributed by atoms with E-state index in [0.717, 1.165) is 31.7 Å². The third-order valence-electron chi connectivity index (χ3n) is 6.08. The minimum absolute atomic E-state index is 0.135. The number of likely N-dealkylation sites (N-methyl/N-ethyl adjacent to an activating group) is 1. The van der Waals surface area contributed by atoms with Crippen LogP contribution < -0.4 is 9.62 Å². The lowest BCUT2D eigenvalue weighted by atomic mass is 10.0. The molecule has 0 fully saturated rings. The van der Waals surface area contributed by atoms with E-state index in [4.69, 9.17) is 0 Å². The molecule has 0 aliphatic heterocycles. The largest absolute Gasteiger partial charge is 0.357 e. The molecule has 0 heterocycles. The number of halogens is 1. The van der Waals surface area contributed by atoms with Crippen molar-refractivity contribution in [3.63, 3.8) is 0 Å². The van der Waals surface area contributed by atoms with Crippen LogP contribution in [0.25, 0.3) is 0 Å². The number of aryl methyl sites for hydroxylation is 1. The first-order valence-corrected chi connectivity index (χ1v) is 14.6. The van der Waals surface area contributed by atoms with Crippen LogP contribution in [0.15, 0.2) is 83.3 Å². The predicted octanol–water partition coefficient (Wildman–Crippen LogP) is 4.16. The Morgan fingerprint density at radius 3 is 2.22 bits per heavy atom. The average molecular weight is 587 g/mol. The summed E-state index contributed by atoms with van der Waals surface area (Å²) < 4.78 is 27.7. The lowest BCUT2D eigenvalue weighted by Gasteiger charge is -2.33. The highest BCUT2D eigenvalue weighted by Crippen LogP contribution is 2.25. The Morgan fingerprint density at radius 2 is 1.59 bits per heavy atom. The van der Waals surface area contributed by atoms with E-state index < -0.39 is 28.5 Å². The van der Waals surface area contributed by atoms with Crippen LogP contribution in [0.4, 0.5) is 5.69 Å². The molecule has 0 radical (unpaired) electrons. The van der Waals surface area contributed by atoms with Crippen LogP contribution in [-0.4, -0.2) is 51.0 Å². The number of hydrogen-bond donors (Lipinski definition) is 1. The van der Waals surface area contributed by atoms with Gasteiger partial charge in [0.15, 0.2) is 0 Å². The second-order valence-electron chi connectivity index (χ2n) is 8.72. The summed E-state index contributed by atoms with van der Waals surface area (Å²) >= 11 is 3.47. The van der Waals surface area contributed by atoms with Gasteiger partial charge < -0.3 is 10.2 Å². The molecule has 0 bridgehead atoms. The number of hydrogen-bond acceptors (Lipinski definition) is 4. The summed E-state index contributed by atoms with van der Waals surface area (Å²) in [7, 11) is -2.26. The molecule has 0 saturated carbocycles. The third kappa shape index (κ3) is 7.66. The highest BCUT2D eigenvalue weighted by Gasteiger charge is 2.33. The summed E-state index contributed by atoms with van der Waals surface area (Å²) in [5.41, 5.74) is 2.97. The average Bonchev–Trinajstić information content (AvgIpc) is 2.88. The molecule has 7 nitrogen and oxygen atoms in total. The Morgan fingerprint density at radius 1 is 0.946 bits per heavy atom. The Hall–Kier alpha value is -3.17. The molecule has 1 N–H and O–H groups in total. The van der Waals surface area contributed by atoms with Crippen LogP contribution in [-0.2, 0) is 39.0 Å². The van der Waals surface area contributed by atoms with Crippen molar-refractivity contribution >= 4 is 43.5 Å². The molecule has 0 aliphatic carbocycles. The maximum atomic E-state index is 13.9. The third-order valence-corrected chi connectivity index (χ3v) is 7.70. The number of carbonyl (C=O) groups is 2. The molecule has 3 aromatic rings. The van der Waals surface area contributed by atoms with E-state index in [1.165, 1.54) is 11.9 Å². The fraction of sp³-hybridized carbons (Fsp3) is 0.286. The van der Waals surface area contributed by atoms with E-state index in [9.17, 15) is 18.0 Å². The number of amides is 2. The monoisotopic (exact) mass is 585 g/mol. The standard InChI is InChI=1S/C28H32BrN3O4S/c1-4-23-14-8-9-16-25(23)32(37(3,35)36)20-27(33)31(19-22-13-10-15-24(29)17-22)26(28(34)30-2)18-21-11-6-5-7-12-21/h5-17,26H,4,18-20H2,1-3H3,(H,30,34). The zero-order valence-electron chi connectivity index (χ0n) is 21.2. The van der Waals surface area contributed by atoms with Crippen molar-refractivity contribution < 1.29 is 18.0 Å². The van der Waals surface area contributed by atoms with E-state index >= 15 is 0 Å². The van der Waals surface area contributed by atoms with Crippen molar-refractivity contribution in [2.75, 3.05) is 24.2 Å². The molecule has 3 rings (SSSR count). The van der Waals surface area contributed by atoms with Gasteiger partial charge in [0.25, 0.3) is 0 Å². The first kappa shape index (κ1) is 28.4. The van der Waals surface area contributed by atoms with Gasteiger partial charge in [0.1, 0.15) is 12.6 Å². The molecular formula is C28H32BrN3O4S. The molecule has 1 atom stereocenters. The number of benzene rings is 3. The summed E-state index contributed by atoms with van der Waals surface area (Å²) in [4.78, 5) is 28.5. The Balaban J connectivity index is 2.05. The number of para-hydroxylation sites is 1. The van der Waals surface area contributed by atoms with Gasteiger partial charge in [-0.15, -0.1) is 0 Å². The Labute approximate surface area is 227 Å². The van der Waals surface area contributed by atoms with Gasteiger partial charge in [0.2, 0.25) is 21.8 Å². The first-order valence-electron chi connectivity index (χ1n) is 12.0. The second kappa shape index (κ2) is 12.9. The molecule has 0 saturated heterocycles. The number of anilines is 1. The van der Waals surface area contributed by atoms with Crippen molar-refractivity contribution in [1.82, 2.24) is 10.2 Å². The van der Waals surface area contributed by atoms with Crippen LogP contribution in [0.2, 0.25) is 0 Å². The minimum atomic E-state index is -3.79. The first-order chi connectivity index (χ1) is 17.6. The lowest BCUT2D eigenvalue weighted by Crippen LogP contribution is -2.53. The maximum absolute atomic E-state index is 13.9. The zero-order valence-corrected chi connectivity index (χ0v) is 23.6. The molecule has 196 valence electrons. The molecule has 1 unspecified atom stereocenters. The van der Waals surface area contributed by atoms with Gasteiger partial charge in [0, 0.05) is 24.5 Å². The number of rotatable bonds is 11. The van der Waals surface area contributed by atoms with E-state index in [2.05, 4.69) is 21.2 Å². The Bertz CT molecular complexity index is 1330. The van der Waals surface area contributed by atoms with Crippen molar-refractivity contribution in [3.05, 3.63) is 100 Å². The van der Waals surface area contributed by atoms with Crippen LogP contribution in [0.3, 0.4) is 0 Å². The van der Waals surface area contributed by atoms with Crippen LogP contribution in [0.1, 0.15) is 23.6 Å². The summed E-state index contributed by atoms with van der Waals surface area (Å²) in [5.74, 6) is -0.798. The zero-order chi connectivity index (χ0) is 27.0. The fourth-order valence-electron chi connectivity index (χ4n) is 4.20. The number of nitrogens with zero attached hydrogens (tertiary/aromatic N) is 2. The lowest BCUT2D eigenvalue weighted by molar-refractivity contribution is -0.139. The van der Waals surface area contributed by atoms with E-state index in [1.807, 2.05) is 73.7 Å². The number of carbonyl (C=O) groups excluding carboxylic acids is 2. The summed E-state index contributed by atoms with van der Waals surface area (Å²) in [5, 5.41) is 2.68. The normalized spacial score (nSPS) is 12.0. The van der Waals surface area contributed by atoms with E-state index in [1.54, 1.807) is 12.1 Å². The molecule has 0 aromatic heterocycles.